The van der Waals surface area contributed by atoms with E-state index in [-0.39, 0.29) is 17.5 Å². The van der Waals surface area contributed by atoms with Gasteiger partial charge in [0.15, 0.2) is 0 Å². The maximum atomic E-state index is 13.0. The normalized spacial score (nSPS) is 16.0. The Hall–Kier alpha value is -2.84. The molecule has 2 amide bonds. The van der Waals surface area contributed by atoms with E-state index in [4.69, 9.17) is 5.26 Å². The van der Waals surface area contributed by atoms with Crippen LogP contribution in [0.25, 0.3) is 0 Å². The largest absolute Gasteiger partial charge is 0.331 e. The van der Waals surface area contributed by atoms with E-state index < -0.39 is 0 Å². The van der Waals surface area contributed by atoms with Crippen LogP contribution in [-0.4, -0.2) is 42.0 Å². The standard InChI is InChI=1S/C25H32N4O/c1-25(2,3)17-23(22-7-5-4-6-8-22)27-24(30)29-15-13-28(14-16-29)19-21-11-9-20(18-26)10-12-21/h4-12,23H,13-17,19H2,1-3H3,(H,27,30). The van der Waals surface area contributed by atoms with E-state index >= 15 is 0 Å². The zero-order valence-corrected chi connectivity index (χ0v) is 18.3. The molecule has 0 bridgehead atoms. The molecule has 1 atom stereocenters. The number of amides is 2. The summed E-state index contributed by atoms with van der Waals surface area (Å²) in [5, 5.41) is 12.2. The fourth-order valence-electron chi connectivity index (χ4n) is 3.84. The molecule has 1 aliphatic rings. The Kier molecular flexibility index (Phi) is 7.12. The van der Waals surface area contributed by atoms with Crippen LogP contribution < -0.4 is 5.32 Å². The van der Waals surface area contributed by atoms with Crippen molar-refractivity contribution in [3.05, 3.63) is 71.3 Å². The van der Waals surface area contributed by atoms with Crippen LogP contribution in [0.5, 0.6) is 0 Å². The number of benzene rings is 2. The third kappa shape index (κ3) is 6.33. The second-order valence-corrected chi connectivity index (χ2v) is 9.25. The van der Waals surface area contributed by atoms with Crippen molar-refractivity contribution in [1.82, 2.24) is 15.1 Å². The average Bonchev–Trinajstić information content (AvgIpc) is 2.74. The molecule has 5 heteroatoms. The number of piperazine rings is 1. The first-order valence-electron chi connectivity index (χ1n) is 10.7. The molecule has 1 saturated heterocycles. The number of hydrogen-bond donors (Lipinski definition) is 1. The van der Waals surface area contributed by atoms with Crippen molar-refractivity contribution in [2.24, 2.45) is 5.41 Å². The Morgan fingerprint density at radius 1 is 1.03 bits per heavy atom. The van der Waals surface area contributed by atoms with Gasteiger partial charge in [0.2, 0.25) is 0 Å². The van der Waals surface area contributed by atoms with Crippen molar-refractivity contribution in [2.45, 2.75) is 39.8 Å². The molecule has 0 aromatic heterocycles. The van der Waals surface area contributed by atoms with E-state index in [2.05, 4.69) is 49.2 Å². The summed E-state index contributed by atoms with van der Waals surface area (Å²) in [6.07, 6.45) is 0.890. The summed E-state index contributed by atoms with van der Waals surface area (Å²) in [6.45, 7) is 10.6. The van der Waals surface area contributed by atoms with Gasteiger partial charge < -0.3 is 10.2 Å². The van der Waals surface area contributed by atoms with Gasteiger partial charge in [0.1, 0.15) is 0 Å². The lowest BCUT2D eigenvalue weighted by Crippen LogP contribution is -2.52. The number of rotatable bonds is 5. The lowest BCUT2D eigenvalue weighted by molar-refractivity contribution is 0.131. The minimum absolute atomic E-state index is 0.00961. The summed E-state index contributed by atoms with van der Waals surface area (Å²) < 4.78 is 0. The minimum atomic E-state index is 0.00961. The summed E-state index contributed by atoms with van der Waals surface area (Å²) in [5.74, 6) is 0. The Morgan fingerprint density at radius 2 is 1.67 bits per heavy atom. The van der Waals surface area contributed by atoms with Crippen LogP contribution in [0, 0.1) is 16.7 Å². The molecule has 2 aromatic rings. The first kappa shape index (κ1) is 21.9. The van der Waals surface area contributed by atoms with Gasteiger partial charge in [-0.3, -0.25) is 4.90 Å². The van der Waals surface area contributed by atoms with E-state index in [0.29, 0.717) is 5.56 Å². The predicted molar refractivity (Wildman–Crippen MR) is 120 cm³/mol. The Balaban J connectivity index is 1.55. The van der Waals surface area contributed by atoms with Gasteiger partial charge in [-0.1, -0.05) is 63.2 Å². The van der Waals surface area contributed by atoms with E-state index in [1.165, 1.54) is 5.56 Å². The van der Waals surface area contributed by atoms with Gasteiger partial charge >= 0.3 is 6.03 Å². The van der Waals surface area contributed by atoms with Crippen LogP contribution in [0.4, 0.5) is 4.79 Å². The Bertz CT molecular complexity index is 857. The van der Waals surface area contributed by atoms with Crippen molar-refractivity contribution in [3.63, 3.8) is 0 Å². The molecule has 2 aromatic carbocycles. The number of urea groups is 1. The van der Waals surface area contributed by atoms with E-state index in [1.54, 1.807) is 0 Å². The molecular formula is C25H32N4O. The number of nitrogens with zero attached hydrogens (tertiary/aromatic N) is 3. The summed E-state index contributed by atoms with van der Waals surface area (Å²) in [6, 6.07) is 20.2. The van der Waals surface area contributed by atoms with E-state index in [9.17, 15) is 4.79 Å². The van der Waals surface area contributed by atoms with Crippen molar-refractivity contribution in [2.75, 3.05) is 26.2 Å². The summed E-state index contributed by atoms with van der Waals surface area (Å²) >= 11 is 0. The third-order valence-electron chi connectivity index (χ3n) is 5.46. The molecule has 0 aliphatic carbocycles. The minimum Gasteiger partial charge on any atom is -0.331 e. The van der Waals surface area contributed by atoms with Gasteiger partial charge in [0, 0.05) is 32.7 Å². The molecule has 158 valence electrons. The van der Waals surface area contributed by atoms with Gasteiger partial charge in [-0.25, -0.2) is 4.79 Å². The van der Waals surface area contributed by atoms with Crippen molar-refractivity contribution < 1.29 is 4.79 Å². The Morgan fingerprint density at radius 3 is 2.23 bits per heavy atom. The van der Waals surface area contributed by atoms with Gasteiger partial charge in [-0.05, 0) is 35.1 Å². The summed E-state index contributed by atoms with van der Waals surface area (Å²) in [4.78, 5) is 17.2. The highest BCUT2D eigenvalue weighted by Crippen LogP contribution is 2.29. The highest BCUT2D eigenvalue weighted by molar-refractivity contribution is 5.75. The quantitative estimate of drug-likeness (QED) is 0.794. The SMILES string of the molecule is CC(C)(C)CC(NC(=O)N1CCN(Cc2ccc(C#N)cc2)CC1)c1ccccc1. The van der Waals surface area contributed by atoms with Gasteiger partial charge in [-0.15, -0.1) is 0 Å². The second-order valence-electron chi connectivity index (χ2n) is 9.25. The van der Waals surface area contributed by atoms with E-state index in [0.717, 1.165) is 44.7 Å². The molecule has 1 unspecified atom stereocenters. The molecule has 0 saturated carbocycles. The van der Waals surface area contributed by atoms with Gasteiger partial charge in [0.25, 0.3) is 0 Å². The highest BCUT2D eigenvalue weighted by atomic mass is 16.2. The van der Waals surface area contributed by atoms with Crippen LogP contribution in [0.1, 0.15) is 49.9 Å². The molecule has 5 nitrogen and oxygen atoms in total. The average molecular weight is 405 g/mol. The van der Waals surface area contributed by atoms with Crippen LogP contribution in [-0.2, 0) is 6.54 Å². The zero-order chi connectivity index (χ0) is 21.6. The first-order valence-corrected chi connectivity index (χ1v) is 10.7. The van der Waals surface area contributed by atoms with Crippen molar-refractivity contribution in [3.8, 4) is 6.07 Å². The molecular weight excluding hydrogens is 372 g/mol. The fraction of sp³-hybridized carbons (Fsp3) is 0.440. The van der Waals surface area contributed by atoms with Crippen molar-refractivity contribution in [1.29, 1.82) is 5.26 Å². The molecule has 30 heavy (non-hydrogen) atoms. The smallest absolute Gasteiger partial charge is 0.317 e. The fourth-order valence-corrected chi connectivity index (χ4v) is 3.84. The second kappa shape index (κ2) is 9.77. The molecule has 1 aliphatic heterocycles. The van der Waals surface area contributed by atoms with E-state index in [1.807, 2.05) is 47.4 Å². The zero-order valence-electron chi connectivity index (χ0n) is 18.3. The lowest BCUT2D eigenvalue weighted by Gasteiger charge is -2.36. The number of nitriles is 1. The Labute approximate surface area is 180 Å². The monoisotopic (exact) mass is 404 g/mol. The van der Waals surface area contributed by atoms with Crippen LogP contribution >= 0.6 is 0 Å². The molecule has 3 rings (SSSR count). The van der Waals surface area contributed by atoms with Crippen LogP contribution in [0.3, 0.4) is 0 Å². The van der Waals surface area contributed by atoms with Gasteiger partial charge in [-0.2, -0.15) is 5.26 Å². The maximum Gasteiger partial charge on any atom is 0.317 e. The summed E-state index contributed by atoms with van der Waals surface area (Å²) in [5.41, 5.74) is 3.15. The highest BCUT2D eigenvalue weighted by Gasteiger charge is 2.26. The molecule has 1 fully saturated rings. The van der Waals surface area contributed by atoms with Gasteiger partial charge in [0.05, 0.1) is 17.7 Å². The number of nitrogens with one attached hydrogen (secondary N) is 1. The molecule has 1 heterocycles. The maximum absolute atomic E-state index is 13.0. The van der Waals surface area contributed by atoms with Crippen molar-refractivity contribution >= 4 is 6.03 Å². The molecule has 1 N–H and O–H groups in total. The number of carbonyl (C=O) groups excluding carboxylic acids is 1. The van der Waals surface area contributed by atoms with Crippen LogP contribution in [0.2, 0.25) is 0 Å². The topological polar surface area (TPSA) is 59.4 Å². The predicted octanol–water partition coefficient (Wildman–Crippen LogP) is 4.56. The molecule has 0 radical (unpaired) electrons. The summed E-state index contributed by atoms with van der Waals surface area (Å²) in [7, 11) is 0. The number of hydrogen-bond acceptors (Lipinski definition) is 3. The first-order chi connectivity index (χ1) is 14.3. The van der Waals surface area contributed by atoms with Crippen LogP contribution in [0.15, 0.2) is 54.6 Å². The lowest BCUT2D eigenvalue weighted by atomic mass is 9.85. The number of carbonyl (C=O) groups is 1. The molecule has 0 spiro atoms. The third-order valence-corrected chi connectivity index (χ3v) is 5.46.